The lowest BCUT2D eigenvalue weighted by atomic mass is 10.2. The van der Waals surface area contributed by atoms with Crippen LogP contribution in [0, 0.1) is 18.3 Å². The van der Waals surface area contributed by atoms with Crippen molar-refractivity contribution >= 4 is 23.4 Å². The highest BCUT2D eigenvalue weighted by Crippen LogP contribution is 2.33. The van der Waals surface area contributed by atoms with E-state index in [9.17, 15) is 5.26 Å². The van der Waals surface area contributed by atoms with Crippen molar-refractivity contribution in [2.75, 3.05) is 0 Å². The Morgan fingerprint density at radius 3 is 2.57 bits per heavy atom. The summed E-state index contributed by atoms with van der Waals surface area (Å²) in [7, 11) is 0. The second-order valence-electron chi connectivity index (χ2n) is 5.86. The molecule has 0 aliphatic heterocycles. The fourth-order valence-corrected chi connectivity index (χ4v) is 3.67. The van der Waals surface area contributed by atoms with Crippen LogP contribution in [0.2, 0.25) is 5.02 Å². The summed E-state index contributed by atoms with van der Waals surface area (Å²) in [5.41, 5.74) is 3.14. The van der Waals surface area contributed by atoms with Crippen molar-refractivity contribution in [1.82, 2.24) is 24.7 Å². The first kappa shape index (κ1) is 18.2. The van der Waals surface area contributed by atoms with Crippen molar-refractivity contribution in [3.05, 3.63) is 77.2 Å². The van der Waals surface area contributed by atoms with Crippen LogP contribution < -0.4 is 0 Å². The lowest BCUT2D eigenvalue weighted by Crippen LogP contribution is -2.02. The number of hydrogen-bond donors (Lipinski definition) is 0. The van der Waals surface area contributed by atoms with Gasteiger partial charge in [-0.25, -0.2) is 4.98 Å². The smallest absolute Gasteiger partial charge is 0.202 e. The Morgan fingerprint density at radius 1 is 1.04 bits per heavy atom. The third-order valence-corrected chi connectivity index (χ3v) is 5.24. The number of rotatable bonds is 4. The zero-order chi connectivity index (χ0) is 19.5. The molecule has 0 aliphatic rings. The Bertz CT molecular complexity index is 1180. The minimum absolute atomic E-state index is 0.183. The molecule has 0 fully saturated rings. The molecule has 1 aromatic carbocycles. The predicted molar refractivity (Wildman–Crippen MR) is 107 cm³/mol. The first-order valence-electron chi connectivity index (χ1n) is 8.33. The molecule has 0 bridgehead atoms. The Balaban J connectivity index is 1.86. The zero-order valence-electron chi connectivity index (χ0n) is 14.7. The van der Waals surface area contributed by atoms with Crippen LogP contribution in [-0.4, -0.2) is 24.7 Å². The molecule has 4 rings (SSSR count). The molecule has 6 nitrogen and oxygen atoms in total. The highest BCUT2D eigenvalue weighted by atomic mass is 35.5. The zero-order valence-corrected chi connectivity index (χ0v) is 16.3. The number of hydrogen-bond acceptors (Lipinski definition) is 6. The van der Waals surface area contributed by atoms with Crippen LogP contribution in [0.1, 0.15) is 11.3 Å². The summed E-state index contributed by atoms with van der Waals surface area (Å²) in [6.07, 6.45) is 3.44. The molecule has 0 amide bonds. The van der Waals surface area contributed by atoms with E-state index in [-0.39, 0.29) is 5.69 Å². The number of aromatic nitrogens is 5. The SMILES string of the molecule is Cc1ccccc1-n1c(Sc2ccc(Cl)c(C#N)n2)nnc1-c1ccncc1. The number of aryl methyl sites for hydroxylation is 1. The molecule has 0 radical (unpaired) electrons. The molecule has 0 atom stereocenters. The van der Waals surface area contributed by atoms with Gasteiger partial charge in [-0.05, 0) is 54.6 Å². The summed E-state index contributed by atoms with van der Waals surface area (Å²) < 4.78 is 1.98. The molecule has 0 unspecified atom stereocenters. The van der Waals surface area contributed by atoms with Gasteiger partial charge >= 0.3 is 0 Å². The summed E-state index contributed by atoms with van der Waals surface area (Å²) in [6, 6.07) is 17.2. The van der Waals surface area contributed by atoms with Crippen LogP contribution in [0.3, 0.4) is 0 Å². The quantitative estimate of drug-likeness (QED) is 0.490. The molecule has 0 saturated carbocycles. The van der Waals surface area contributed by atoms with Crippen molar-refractivity contribution in [2.24, 2.45) is 0 Å². The molecular formula is C20H13ClN6S. The first-order valence-corrected chi connectivity index (χ1v) is 9.53. The van der Waals surface area contributed by atoms with Crippen LogP contribution in [0.5, 0.6) is 0 Å². The summed E-state index contributed by atoms with van der Waals surface area (Å²) in [6.45, 7) is 2.04. The number of pyridine rings is 2. The van der Waals surface area contributed by atoms with Crippen molar-refractivity contribution in [1.29, 1.82) is 5.26 Å². The molecule has 0 aliphatic carbocycles. The van der Waals surface area contributed by atoms with Gasteiger partial charge < -0.3 is 0 Å². The van der Waals surface area contributed by atoms with Gasteiger partial charge in [0.25, 0.3) is 0 Å². The monoisotopic (exact) mass is 404 g/mol. The fraction of sp³-hybridized carbons (Fsp3) is 0.0500. The second kappa shape index (κ2) is 7.80. The maximum Gasteiger partial charge on any atom is 0.202 e. The molecule has 4 aromatic rings. The molecule has 3 aromatic heterocycles. The van der Waals surface area contributed by atoms with Crippen LogP contribution in [-0.2, 0) is 0 Å². The largest absolute Gasteiger partial charge is 0.269 e. The van der Waals surface area contributed by atoms with Gasteiger partial charge in [0.15, 0.2) is 11.5 Å². The third-order valence-electron chi connectivity index (χ3n) is 4.05. The summed E-state index contributed by atoms with van der Waals surface area (Å²) in [5.74, 6) is 0.702. The van der Waals surface area contributed by atoms with Gasteiger partial charge in [-0.3, -0.25) is 9.55 Å². The third kappa shape index (κ3) is 3.48. The Labute approximate surface area is 170 Å². The normalized spacial score (nSPS) is 10.6. The lowest BCUT2D eigenvalue weighted by molar-refractivity contribution is 0.877. The maximum absolute atomic E-state index is 9.19. The topological polar surface area (TPSA) is 80.3 Å². The van der Waals surface area contributed by atoms with Crippen molar-refractivity contribution < 1.29 is 0 Å². The fourth-order valence-electron chi connectivity index (χ4n) is 2.71. The van der Waals surface area contributed by atoms with E-state index in [1.807, 2.05) is 54.0 Å². The van der Waals surface area contributed by atoms with Gasteiger partial charge in [-0.1, -0.05) is 29.8 Å². The van der Waals surface area contributed by atoms with Gasteiger partial charge in [0.1, 0.15) is 11.1 Å². The van der Waals surface area contributed by atoms with Gasteiger partial charge in [0, 0.05) is 18.0 Å². The molecule has 8 heteroatoms. The molecule has 28 heavy (non-hydrogen) atoms. The average molecular weight is 405 g/mol. The molecule has 136 valence electrons. The number of halogens is 1. The van der Waals surface area contributed by atoms with Crippen LogP contribution >= 0.6 is 23.4 Å². The standard InChI is InChI=1S/C20H13ClN6S/c1-13-4-2-3-5-17(13)27-19(14-8-10-23-11-9-14)25-26-20(27)28-18-7-6-15(21)16(12-22)24-18/h2-11H,1H3. The highest BCUT2D eigenvalue weighted by molar-refractivity contribution is 7.99. The van der Waals surface area contributed by atoms with E-state index in [2.05, 4.69) is 20.2 Å². The first-order chi connectivity index (χ1) is 13.7. The minimum Gasteiger partial charge on any atom is -0.269 e. The van der Waals surface area contributed by atoms with E-state index >= 15 is 0 Å². The number of benzene rings is 1. The second-order valence-corrected chi connectivity index (χ2v) is 7.25. The molecule has 0 N–H and O–H groups in total. The Kier molecular flexibility index (Phi) is 5.06. The van der Waals surface area contributed by atoms with Gasteiger partial charge in [-0.15, -0.1) is 10.2 Å². The molecule has 0 spiro atoms. The van der Waals surface area contributed by atoms with Gasteiger partial charge in [-0.2, -0.15) is 5.26 Å². The predicted octanol–water partition coefficient (Wildman–Crippen LogP) is 4.71. The molecular weight excluding hydrogens is 392 g/mol. The maximum atomic E-state index is 9.19. The van der Waals surface area contributed by atoms with E-state index in [1.54, 1.807) is 24.5 Å². The van der Waals surface area contributed by atoms with E-state index in [1.165, 1.54) is 11.8 Å². The molecule has 3 heterocycles. The van der Waals surface area contributed by atoms with Crippen LogP contribution in [0.25, 0.3) is 17.1 Å². The Morgan fingerprint density at radius 2 is 1.82 bits per heavy atom. The Hall–Kier alpha value is -3.21. The lowest BCUT2D eigenvalue weighted by Gasteiger charge is -2.12. The molecule has 0 saturated heterocycles. The van der Waals surface area contributed by atoms with E-state index in [4.69, 9.17) is 11.6 Å². The van der Waals surface area contributed by atoms with E-state index in [0.29, 0.717) is 21.0 Å². The van der Waals surface area contributed by atoms with Crippen LogP contribution in [0.15, 0.2) is 71.1 Å². The summed E-state index contributed by atoms with van der Waals surface area (Å²) in [4.78, 5) is 8.38. The number of nitrogens with zero attached hydrogens (tertiary/aromatic N) is 6. The van der Waals surface area contributed by atoms with Gasteiger partial charge in [0.05, 0.1) is 10.7 Å². The van der Waals surface area contributed by atoms with Crippen LogP contribution in [0.4, 0.5) is 0 Å². The highest BCUT2D eigenvalue weighted by Gasteiger charge is 2.18. The van der Waals surface area contributed by atoms with Crippen molar-refractivity contribution in [3.8, 4) is 23.1 Å². The number of para-hydroxylation sites is 1. The summed E-state index contributed by atoms with van der Waals surface area (Å²) in [5, 5.41) is 19.6. The van der Waals surface area contributed by atoms with E-state index in [0.717, 1.165) is 16.8 Å². The van der Waals surface area contributed by atoms with E-state index < -0.39 is 0 Å². The summed E-state index contributed by atoms with van der Waals surface area (Å²) >= 11 is 7.32. The van der Waals surface area contributed by atoms with Crippen molar-refractivity contribution in [2.45, 2.75) is 17.1 Å². The van der Waals surface area contributed by atoms with Crippen molar-refractivity contribution in [3.63, 3.8) is 0 Å². The van der Waals surface area contributed by atoms with Gasteiger partial charge in [0.2, 0.25) is 5.16 Å². The average Bonchev–Trinajstić information content (AvgIpc) is 3.13. The minimum atomic E-state index is 0.183. The number of nitriles is 1.